The summed E-state index contributed by atoms with van der Waals surface area (Å²) >= 11 is 0. The number of hydrogen-bond donors (Lipinski definition) is 3. The molecule has 11 nitrogen and oxygen atoms in total. The Labute approximate surface area is 215 Å². The number of imide groups is 1. The van der Waals surface area contributed by atoms with Crippen LogP contribution in [0, 0.1) is 0 Å². The third kappa shape index (κ3) is 2.86. The number of hydrogen-bond acceptors (Lipinski definition) is 7. The number of benzene rings is 2. The van der Waals surface area contributed by atoms with Gasteiger partial charge in [-0.25, -0.2) is 4.79 Å². The molecule has 5 amide bonds. The summed E-state index contributed by atoms with van der Waals surface area (Å²) in [7, 11) is 1.52. The van der Waals surface area contributed by atoms with Crippen LogP contribution in [0.15, 0.2) is 40.8 Å². The lowest BCUT2D eigenvalue weighted by molar-refractivity contribution is -0.125. The van der Waals surface area contributed by atoms with Gasteiger partial charge in [0.25, 0.3) is 11.8 Å². The van der Waals surface area contributed by atoms with Crippen molar-refractivity contribution in [3.8, 4) is 5.75 Å². The van der Waals surface area contributed by atoms with Crippen LogP contribution in [0.5, 0.6) is 5.75 Å². The maximum absolute atomic E-state index is 13.3. The van der Waals surface area contributed by atoms with Crippen molar-refractivity contribution in [3.63, 3.8) is 0 Å². The SMILES string of the molecule is COc1ccc2c(c1)C(=O)N(C[C@@]1(c3cc4c5c(ccc4o3)C3(CC5)NC(=O)CC3=O)NC(=O)NC1=O)C2. The molecule has 2 saturated heterocycles. The second kappa shape index (κ2) is 7.44. The summed E-state index contributed by atoms with van der Waals surface area (Å²) in [5, 5.41) is 8.53. The van der Waals surface area contributed by atoms with Crippen LogP contribution in [0.3, 0.4) is 0 Å². The molecule has 3 aromatic rings. The third-order valence-corrected chi connectivity index (χ3v) is 8.16. The average molecular weight is 514 g/mol. The number of methoxy groups -OCH3 is 1. The Kier molecular flexibility index (Phi) is 4.41. The van der Waals surface area contributed by atoms with Crippen LogP contribution >= 0.6 is 0 Å². The first-order valence-electron chi connectivity index (χ1n) is 12.2. The van der Waals surface area contributed by atoms with Crippen molar-refractivity contribution in [2.45, 2.75) is 36.9 Å². The zero-order valence-corrected chi connectivity index (χ0v) is 20.3. The summed E-state index contributed by atoms with van der Waals surface area (Å²) in [6.45, 7) is 0.101. The highest BCUT2D eigenvalue weighted by molar-refractivity contribution is 6.12. The number of nitrogens with zero attached hydrogens (tertiary/aromatic N) is 1. The van der Waals surface area contributed by atoms with Gasteiger partial charge in [0.15, 0.2) is 11.3 Å². The highest BCUT2D eigenvalue weighted by Crippen LogP contribution is 2.45. The minimum Gasteiger partial charge on any atom is -0.497 e. The molecular weight excluding hydrogens is 492 g/mol. The van der Waals surface area contributed by atoms with Gasteiger partial charge in [-0.3, -0.25) is 24.5 Å². The fraction of sp³-hybridized carbons (Fsp3) is 0.296. The predicted octanol–water partition coefficient (Wildman–Crippen LogP) is 1.36. The van der Waals surface area contributed by atoms with Gasteiger partial charge in [-0.2, -0.15) is 0 Å². The molecule has 1 aliphatic carbocycles. The Morgan fingerprint density at radius 1 is 1.05 bits per heavy atom. The van der Waals surface area contributed by atoms with Crippen molar-refractivity contribution in [3.05, 3.63) is 64.4 Å². The summed E-state index contributed by atoms with van der Waals surface area (Å²) < 4.78 is 11.4. The van der Waals surface area contributed by atoms with Crippen LogP contribution in [0.25, 0.3) is 11.0 Å². The average Bonchev–Trinajstić information content (AvgIpc) is 3.67. The van der Waals surface area contributed by atoms with E-state index in [1.807, 2.05) is 0 Å². The van der Waals surface area contributed by atoms with Gasteiger partial charge < -0.3 is 24.7 Å². The number of carbonyl (C=O) groups is 5. The van der Waals surface area contributed by atoms with Gasteiger partial charge in [0, 0.05) is 17.5 Å². The Morgan fingerprint density at radius 3 is 2.61 bits per heavy atom. The highest BCUT2D eigenvalue weighted by atomic mass is 16.5. The minimum atomic E-state index is -1.65. The molecule has 1 unspecified atom stereocenters. The Bertz CT molecular complexity index is 1640. The number of furan rings is 1. The molecule has 2 aromatic carbocycles. The van der Waals surface area contributed by atoms with Crippen molar-refractivity contribution < 1.29 is 33.1 Å². The van der Waals surface area contributed by atoms with Gasteiger partial charge in [0.1, 0.15) is 22.6 Å². The molecule has 0 radical (unpaired) electrons. The van der Waals surface area contributed by atoms with Crippen molar-refractivity contribution in [2.75, 3.05) is 13.7 Å². The fourth-order valence-corrected chi connectivity index (χ4v) is 6.30. The summed E-state index contributed by atoms with van der Waals surface area (Å²) in [5.74, 6) is -0.661. The van der Waals surface area contributed by atoms with Crippen LogP contribution in [0.4, 0.5) is 4.79 Å². The smallest absolute Gasteiger partial charge is 0.322 e. The number of rotatable bonds is 4. The lowest BCUT2D eigenvalue weighted by Gasteiger charge is -2.29. The number of ether oxygens (including phenoxy) is 1. The van der Waals surface area contributed by atoms with Crippen molar-refractivity contribution >= 4 is 40.5 Å². The van der Waals surface area contributed by atoms with Crippen LogP contribution in [0.1, 0.15) is 45.7 Å². The van der Waals surface area contributed by atoms with E-state index in [0.29, 0.717) is 35.1 Å². The lowest BCUT2D eigenvalue weighted by Crippen LogP contribution is -2.52. The van der Waals surface area contributed by atoms with E-state index in [-0.39, 0.29) is 42.9 Å². The second-order valence-corrected chi connectivity index (χ2v) is 10.2. The number of amides is 5. The topological polar surface area (TPSA) is 147 Å². The molecule has 2 fully saturated rings. The monoisotopic (exact) mass is 514 g/mol. The van der Waals surface area contributed by atoms with Crippen LogP contribution < -0.4 is 20.7 Å². The Hall–Kier alpha value is -4.67. The van der Waals surface area contributed by atoms with Gasteiger partial charge >= 0.3 is 6.03 Å². The van der Waals surface area contributed by atoms with E-state index in [2.05, 4.69) is 16.0 Å². The van der Waals surface area contributed by atoms with Gasteiger partial charge in [-0.05, 0) is 53.8 Å². The van der Waals surface area contributed by atoms with Gasteiger partial charge in [-0.15, -0.1) is 0 Å². The normalized spacial score (nSPS) is 25.7. The molecule has 3 N–H and O–H groups in total. The zero-order valence-electron chi connectivity index (χ0n) is 20.3. The van der Waals surface area contributed by atoms with Crippen LogP contribution in [-0.4, -0.2) is 48.1 Å². The summed E-state index contributed by atoms with van der Waals surface area (Å²) in [6.07, 6.45) is 0.825. The standard InChI is InChI=1S/C27H22N4O7/c1-37-14-3-2-13-11-31(23(34)16(13)8-14)12-27(24(35)28-25(36)30-27)21-9-17-15-6-7-26(20(32)10-22(33)29-26)18(15)4-5-19(17)38-21/h2-5,8-9H,6-7,10-12H2,1H3,(H,29,33)(H2,28,30,35,36)/t26?,27-/m0/s1. The van der Waals surface area contributed by atoms with E-state index in [0.717, 1.165) is 16.7 Å². The molecule has 7 rings (SSSR count). The van der Waals surface area contributed by atoms with E-state index in [4.69, 9.17) is 9.15 Å². The summed E-state index contributed by atoms with van der Waals surface area (Å²) in [4.78, 5) is 65.2. The number of Topliss-reactive ketones (excluding diaryl/α,β-unsaturated/α-hetero) is 1. The fourth-order valence-electron chi connectivity index (χ4n) is 6.30. The number of nitrogens with one attached hydrogen (secondary N) is 3. The Balaban J connectivity index is 1.30. The molecule has 2 atom stereocenters. The molecule has 11 heteroatoms. The molecule has 0 saturated carbocycles. The number of ketones is 1. The molecule has 192 valence electrons. The minimum absolute atomic E-state index is 0.151. The number of fused-ring (bicyclic) bond motifs is 5. The van der Waals surface area contributed by atoms with E-state index in [9.17, 15) is 24.0 Å². The van der Waals surface area contributed by atoms with Crippen LogP contribution in [0.2, 0.25) is 0 Å². The first-order chi connectivity index (χ1) is 18.2. The van der Waals surface area contributed by atoms with E-state index < -0.39 is 23.0 Å². The van der Waals surface area contributed by atoms with Gasteiger partial charge in [0.05, 0.1) is 20.1 Å². The molecule has 38 heavy (non-hydrogen) atoms. The molecule has 4 heterocycles. The first-order valence-corrected chi connectivity index (χ1v) is 12.2. The maximum atomic E-state index is 13.3. The Morgan fingerprint density at radius 2 is 1.89 bits per heavy atom. The largest absolute Gasteiger partial charge is 0.497 e. The zero-order chi connectivity index (χ0) is 26.4. The lowest BCUT2D eigenvalue weighted by atomic mass is 9.88. The number of aryl methyl sites for hydroxylation is 1. The van der Waals surface area contributed by atoms with Crippen molar-refractivity contribution in [1.29, 1.82) is 0 Å². The molecule has 3 aliphatic heterocycles. The van der Waals surface area contributed by atoms with Gasteiger partial charge in [0.2, 0.25) is 5.91 Å². The second-order valence-electron chi connectivity index (χ2n) is 10.2. The third-order valence-electron chi connectivity index (χ3n) is 8.16. The quantitative estimate of drug-likeness (QED) is 0.352. The van der Waals surface area contributed by atoms with Crippen molar-refractivity contribution in [1.82, 2.24) is 20.9 Å². The predicted molar refractivity (Wildman–Crippen MR) is 130 cm³/mol. The molecule has 4 aliphatic rings. The van der Waals surface area contributed by atoms with Crippen LogP contribution in [-0.2, 0) is 38.4 Å². The summed E-state index contributed by atoms with van der Waals surface area (Å²) in [5.41, 5.74) is 0.613. The molecule has 1 spiro atoms. The first kappa shape index (κ1) is 22.5. The van der Waals surface area contributed by atoms with E-state index >= 15 is 0 Å². The van der Waals surface area contributed by atoms with Gasteiger partial charge in [-0.1, -0.05) is 12.1 Å². The molecular formula is C27H22N4O7. The molecule has 1 aromatic heterocycles. The van der Waals surface area contributed by atoms with Crippen molar-refractivity contribution in [2.24, 2.45) is 0 Å². The van der Waals surface area contributed by atoms with E-state index in [1.165, 1.54) is 12.0 Å². The number of urea groups is 1. The maximum Gasteiger partial charge on any atom is 0.322 e. The summed E-state index contributed by atoms with van der Waals surface area (Å²) in [6, 6.07) is 9.69. The van der Waals surface area contributed by atoms with E-state index in [1.54, 1.807) is 36.4 Å². The highest BCUT2D eigenvalue weighted by Gasteiger charge is 2.54. The molecule has 0 bridgehead atoms. The number of carbonyl (C=O) groups excluding carboxylic acids is 5.